The lowest BCUT2D eigenvalue weighted by molar-refractivity contribution is -0.122. The molecular weight excluding hydrogens is 276 g/mol. The van der Waals surface area contributed by atoms with Gasteiger partial charge in [-0.2, -0.15) is 0 Å². The fraction of sp³-hybridized carbons (Fsp3) is 0.556. The summed E-state index contributed by atoms with van der Waals surface area (Å²) in [4.78, 5) is 23.3. The molecule has 0 saturated heterocycles. The fourth-order valence-corrected chi connectivity index (χ4v) is 3.92. The second kappa shape index (κ2) is 6.51. The van der Waals surface area contributed by atoms with Gasteiger partial charge in [0, 0.05) is 19.9 Å². The summed E-state index contributed by atoms with van der Waals surface area (Å²) >= 11 is 0. The van der Waals surface area contributed by atoms with Gasteiger partial charge in [-0.3, -0.25) is 9.59 Å². The van der Waals surface area contributed by atoms with Crippen LogP contribution in [-0.2, 0) is 16.0 Å². The molecule has 2 unspecified atom stereocenters. The van der Waals surface area contributed by atoms with Crippen molar-refractivity contribution in [1.82, 2.24) is 10.6 Å². The van der Waals surface area contributed by atoms with Crippen LogP contribution in [0.1, 0.15) is 67.2 Å². The summed E-state index contributed by atoms with van der Waals surface area (Å²) in [5.74, 6) is 0.677. The normalized spacial score (nSPS) is 22.0. The molecule has 2 aliphatic rings. The van der Waals surface area contributed by atoms with Crippen molar-refractivity contribution in [2.75, 3.05) is 7.05 Å². The zero-order valence-corrected chi connectivity index (χ0v) is 13.2. The second-order valence-electron chi connectivity index (χ2n) is 6.39. The topological polar surface area (TPSA) is 58.2 Å². The van der Waals surface area contributed by atoms with Gasteiger partial charge in [-0.25, -0.2) is 0 Å². The van der Waals surface area contributed by atoms with Crippen LogP contribution < -0.4 is 10.6 Å². The monoisotopic (exact) mass is 300 g/mol. The molecule has 0 spiro atoms. The third kappa shape index (κ3) is 3.01. The molecule has 2 amide bonds. The van der Waals surface area contributed by atoms with Gasteiger partial charge in [0.1, 0.15) is 0 Å². The molecule has 2 N–H and O–H groups in total. The molecule has 0 aromatic heterocycles. The van der Waals surface area contributed by atoms with E-state index in [0.717, 1.165) is 6.42 Å². The third-order valence-corrected chi connectivity index (χ3v) is 4.95. The first-order chi connectivity index (χ1) is 10.7. The molecule has 118 valence electrons. The first kappa shape index (κ1) is 15.1. The van der Waals surface area contributed by atoms with E-state index in [1.54, 1.807) is 7.05 Å². The van der Waals surface area contributed by atoms with Crippen molar-refractivity contribution in [1.29, 1.82) is 0 Å². The Morgan fingerprint density at radius 1 is 1.23 bits per heavy atom. The molecule has 22 heavy (non-hydrogen) atoms. The summed E-state index contributed by atoms with van der Waals surface area (Å²) < 4.78 is 0. The highest BCUT2D eigenvalue weighted by Crippen LogP contribution is 2.47. The molecule has 2 atom stereocenters. The van der Waals surface area contributed by atoms with Gasteiger partial charge in [-0.15, -0.1) is 0 Å². The van der Waals surface area contributed by atoms with Crippen LogP contribution >= 0.6 is 0 Å². The van der Waals surface area contributed by atoms with Gasteiger partial charge in [0.2, 0.25) is 11.8 Å². The van der Waals surface area contributed by atoms with E-state index in [2.05, 4.69) is 28.8 Å². The van der Waals surface area contributed by atoms with Crippen LogP contribution in [0.4, 0.5) is 0 Å². The van der Waals surface area contributed by atoms with Gasteiger partial charge in [0.25, 0.3) is 0 Å². The number of rotatable bonds is 5. The summed E-state index contributed by atoms with van der Waals surface area (Å²) in [6.07, 6.45) is 6.15. The van der Waals surface area contributed by atoms with E-state index in [9.17, 15) is 9.59 Å². The maximum absolute atomic E-state index is 12.1. The van der Waals surface area contributed by atoms with Crippen molar-refractivity contribution in [2.24, 2.45) is 0 Å². The molecule has 0 heterocycles. The van der Waals surface area contributed by atoms with E-state index in [1.807, 2.05) is 0 Å². The van der Waals surface area contributed by atoms with Crippen LogP contribution in [0.2, 0.25) is 0 Å². The number of nitrogens with one attached hydrogen (secondary N) is 2. The van der Waals surface area contributed by atoms with E-state index in [0.29, 0.717) is 25.2 Å². The highest BCUT2D eigenvalue weighted by atomic mass is 16.2. The van der Waals surface area contributed by atoms with E-state index in [4.69, 9.17) is 0 Å². The third-order valence-electron chi connectivity index (χ3n) is 4.95. The highest BCUT2D eigenvalue weighted by molar-refractivity contribution is 5.79. The molecule has 2 aliphatic carbocycles. The highest BCUT2D eigenvalue weighted by Gasteiger charge is 2.34. The molecule has 0 bridgehead atoms. The van der Waals surface area contributed by atoms with Crippen LogP contribution in [0, 0.1) is 0 Å². The Kier molecular flexibility index (Phi) is 4.46. The molecule has 1 aromatic rings. The van der Waals surface area contributed by atoms with E-state index in [1.165, 1.54) is 36.0 Å². The lowest BCUT2D eigenvalue weighted by Gasteiger charge is -2.20. The lowest BCUT2D eigenvalue weighted by Crippen LogP contribution is -2.27. The number of aryl methyl sites for hydroxylation is 1. The smallest absolute Gasteiger partial charge is 0.220 e. The number of hydrogen-bond acceptors (Lipinski definition) is 2. The van der Waals surface area contributed by atoms with Crippen molar-refractivity contribution in [2.45, 2.75) is 56.9 Å². The number of amides is 2. The SMILES string of the molecule is CNC(=O)CCCC(=O)NC1CC2CCCc3cccc1c32. The molecular formula is C18H24N2O2. The van der Waals surface area contributed by atoms with Crippen molar-refractivity contribution in [3.63, 3.8) is 0 Å². The van der Waals surface area contributed by atoms with Crippen molar-refractivity contribution in [3.8, 4) is 0 Å². The van der Waals surface area contributed by atoms with Gasteiger partial charge in [-0.05, 0) is 54.7 Å². The molecule has 0 saturated carbocycles. The molecule has 4 nitrogen and oxygen atoms in total. The van der Waals surface area contributed by atoms with Crippen LogP contribution in [0.3, 0.4) is 0 Å². The summed E-state index contributed by atoms with van der Waals surface area (Å²) in [6, 6.07) is 6.68. The summed E-state index contributed by atoms with van der Waals surface area (Å²) in [5.41, 5.74) is 4.30. The predicted octanol–water partition coefficient (Wildman–Crippen LogP) is 2.58. The van der Waals surface area contributed by atoms with Crippen LogP contribution in [0.15, 0.2) is 18.2 Å². The molecule has 0 radical (unpaired) electrons. The minimum absolute atomic E-state index is 0.00499. The Morgan fingerprint density at radius 2 is 2.05 bits per heavy atom. The maximum Gasteiger partial charge on any atom is 0.220 e. The Labute approximate surface area is 131 Å². The molecule has 1 aromatic carbocycles. The Balaban J connectivity index is 1.60. The van der Waals surface area contributed by atoms with Gasteiger partial charge in [0.05, 0.1) is 6.04 Å². The minimum Gasteiger partial charge on any atom is -0.359 e. The van der Waals surface area contributed by atoms with Crippen molar-refractivity contribution in [3.05, 3.63) is 34.9 Å². The second-order valence-corrected chi connectivity index (χ2v) is 6.39. The zero-order chi connectivity index (χ0) is 15.5. The number of hydrogen-bond donors (Lipinski definition) is 2. The first-order valence-electron chi connectivity index (χ1n) is 8.30. The van der Waals surface area contributed by atoms with Gasteiger partial charge >= 0.3 is 0 Å². The molecule has 3 rings (SSSR count). The molecule has 0 fully saturated rings. The standard InChI is InChI=1S/C18H24N2O2/c1-19-16(21)9-4-10-17(22)20-15-11-13-7-2-5-12-6-3-8-14(15)18(12)13/h3,6,8,13,15H,2,4-5,7,9-11H2,1H3,(H,19,21)(H,20,22). The predicted molar refractivity (Wildman–Crippen MR) is 85.5 cm³/mol. The van der Waals surface area contributed by atoms with Gasteiger partial charge < -0.3 is 10.6 Å². The van der Waals surface area contributed by atoms with Crippen molar-refractivity contribution < 1.29 is 9.59 Å². The Morgan fingerprint density at radius 3 is 2.86 bits per heavy atom. The summed E-state index contributed by atoms with van der Waals surface area (Å²) in [5, 5.41) is 5.76. The summed E-state index contributed by atoms with van der Waals surface area (Å²) in [6.45, 7) is 0. The molecule has 4 heteroatoms. The molecule has 0 aliphatic heterocycles. The van der Waals surface area contributed by atoms with Crippen LogP contribution in [-0.4, -0.2) is 18.9 Å². The van der Waals surface area contributed by atoms with Gasteiger partial charge in [-0.1, -0.05) is 18.2 Å². The van der Waals surface area contributed by atoms with Crippen molar-refractivity contribution >= 4 is 11.8 Å². The quantitative estimate of drug-likeness (QED) is 0.878. The van der Waals surface area contributed by atoms with Gasteiger partial charge in [0.15, 0.2) is 0 Å². The first-order valence-corrected chi connectivity index (χ1v) is 8.30. The average molecular weight is 300 g/mol. The Hall–Kier alpha value is -1.84. The number of benzene rings is 1. The number of carbonyl (C=O) groups is 2. The zero-order valence-electron chi connectivity index (χ0n) is 13.2. The van der Waals surface area contributed by atoms with E-state index in [-0.39, 0.29) is 17.9 Å². The minimum atomic E-state index is -0.00499. The maximum atomic E-state index is 12.1. The number of carbonyl (C=O) groups excluding carboxylic acids is 2. The average Bonchev–Trinajstić information content (AvgIpc) is 2.87. The summed E-state index contributed by atoms with van der Waals surface area (Å²) in [7, 11) is 1.62. The van der Waals surface area contributed by atoms with Crippen LogP contribution in [0.25, 0.3) is 0 Å². The fourth-order valence-electron chi connectivity index (χ4n) is 3.92. The Bertz CT molecular complexity index is 582. The van der Waals surface area contributed by atoms with E-state index < -0.39 is 0 Å². The van der Waals surface area contributed by atoms with E-state index >= 15 is 0 Å². The lowest BCUT2D eigenvalue weighted by atomic mass is 9.84. The largest absolute Gasteiger partial charge is 0.359 e. The van der Waals surface area contributed by atoms with Crippen LogP contribution in [0.5, 0.6) is 0 Å².